The van der Waals surface area contributed by atoms with Gasteiger partial charge in [-0.05, 0) is 18.8 Å². The van der Waals surface area contributed by atoms with Gasteiger partial charge in [0.15, 0.2) is 9.84 Å². The Morgan fingerprint density at radius 1 is 1.27 bits per heavy atom. The summed E-state index contributed by atoms with van der Waals surface area (Å²) in [6.45, 7) is 1.43. The van der Waals surface area contributed by atoms with Gasteiger partial charge in [-0.1, -0.05) is 30.3 Å². The zero-order valence-electron chi connectivity index (χ0n) is 16.6. The summed E-state index contributed by atoms with van der Waals surface area (Å²) in [6, 6.07) is 9.95. The van der Waals surface area contributed by atoms with Gasteiger partial charge in [-0.15, -0.1) is 0 Å². The summed E-state index contributed by atoms with van der Waals surface area (Å²) in [4.78, 5) is 22.7. The van der Waals surface area contributed by atoms with Crippen LogP contribution in [-0.4, -0.2) is 72.3 Å². The van der Waals surface area contributed by atoms with Crippen molar-refractivity contribution < 1.29 is 23.1 Å². The second-order valence-electron chi connectivity index (χ2n) is 7.44. The predicted molar refractivity (Wildman–Crippen MR) is 112 cm³/mol. The summed E-state index contributed by atoms with van der Waals surface area (Å²) in [5.41, 5.74) is 4.31. The topological polar surface area (TPSA) is 132 Å². The van der Waals surface area contributed by atoms with Gasteiger partial charge in [0, 0.05) is 42.9 Å². The predicted octanol–water partition coefficient (Wildman–Crippen LogP) is 1.32. The smallest absolute Gasteiger partial charge is 0.317 e. The molecule has 1 fully saturated rings. The summed E-state index contributed by atoms with van der Waals surface area (Å²) in [5, 5.41) is 17.4. The number of carboxylic acid groups (broad SMARTS) is 1. The van der Waals surface area contributed by atoms with Gasteiger partial charge in [0.1, 0.15) is 0 Å². The van der Waals surface area contributed by atoms with E-state index in [1.54, 1.807) is 0 Å². The molecule has 2 aliphatic rings. The van der Waals surface area contributed by atoms with Gasteiger partial charge in [0.25, 0.3) is 6.47 Å². The average molecular weight is 435 g/mol. The first kappa shape index (κ1) is 21.8. The molecule has 30 heavy (non-hydrogen) atoms. The van der Waals surface area contributed by atoms with Gasteiger partial charge in [0.05, 0.1) is 17.2 Å². The lowest BCUT2D eigenvalue weighted by Crippen LogP contribution is -2.43. The van der Waals surface area contributed by atoms with Crippen molar-refractivity contribution in [1.82, 2.24) is 20.4 Å². The third-order valence-electron chi connectivity index (χ3n) is 5.42. The molecule has 2 aliphatic heterocycles. The first-order valence-electron chi connectivity index (χ1n) is 9.86. The van der Waals surface area contributed by atoms with Crippen LogP contribution in [0.25, 0.3) is 11.3 Å². The number of fused-ring (bicyclic) bond motifs is 1. The van der Waals surface area contributed by atoms with Crippen LogP contribution in [0.2, 0.25) is 0 Å². The van der Waals surface area contributed by atoms with Crippen molar-refractivity contribution in [2.24, 2.45) is 5.92 Å². The van der Waals surface area contributed by atoms with Gasteiger partial charge in [-0.25, -0.2) is 13.2 Å². The van der Waals surface area contributed by atoms with Crippen LogP contribution in [0.1, 0.15) is 17.7 Å². The summed E-state index contributed by atoms with van der Waals surface area (Å²) in [7, 11) is -2.91. The zero-order chi connectivity index (χ0) is 21.6. The molecule has 162 valence electrons. The maximum Gasteiger partial charge on any atom is 0.317 e. The number of H-pyrrole nitrogens is 1. The van der Waals surface area contributed by atoms with Crippen molar-refractivity contribution in [2.75, 3.05) is 31.1 Å². The quantitative estimate of drug-likeness (QED) is 0.624. The molecule has 0 aliphatic carbocycles. The fourth-order valence-electron chi connectivity index (χ4n) is 3.90. The summed E-state index contributed by atoms with van der Waals surface area (Å²) in [6.07, 6.45) is 2.13. The number of aromatic nitrogens is 2. The Hall–Kier alpha value is -2.88. The van der Waals surface area contributed by atoms with Crippen LogP contribution in [0, 0.1) is 5.92 Å². The normalized spacial score (nSPS) is 19.7. The number of urea groups is 1. The molecule has 1 unspecified atom stereocenters. The highest BCUT2D eigenvalue weighted by molar-refractivity contribution is 7.91. The summed E-state index contributed by atoms with van der Waals surface area (Å²) < 4.78 is 23.1. The highest BCUT2D eigenvalue weighted by Crippen LogP contribution is 2.26. The number of benzene rings is 1. The first-order valence-corrected chi connectivity index (χ1v) is 11.7. The fourth-order valence-corrected chi connectivity index (χ4v) is 5.76. The number of hydrogen-bond acceptors (Lipinski definition) is 5. The standard InChI is InChI=1S/C19H24N4O3S.CH2O2/c24-19(20-12-14-8-11-27(25,26)13-14)23-9-6-16-17(7-10-23)21-22-18(16)15-4-2-1-3-5-15;2-1-3/h1-5,14H,6-13H2,(H,20,24)(H,21,22);1H,(H,2,3). The lowest BCUT2D eigenvalue weighted by atomic mass is 10.0. The average Bonchev–Trinajstić information content (AvgIpc) is 3.23. The van der Waals surface area contributed by atoms with E-state index in [0.717, 1.165) is 29.8 Å². The van der Waals surface area contributed by atoms with Crippen molar-refractivity contribution in [3.05, 3.63) is 41.6 Å². The lowest BCUT2D eigenvalue weighted by molar-refractivity contribution is -0.122. The first-order chi connectivity index (χ1) is 14.4. The molecule has 1 atom stereocenters. The molecule has 3 N–H and O–H groups in total. The van der Waals surface area contributed by atoms with E-state index >= 15 is 0 Å². The highest BCUT2D eigenvalue weighted by atomic mass is 32.2. The van der Waals surface area contributed by atoms with Crippen molar-refractivity contribution in [2.45, 2.75) is 19.3 Å². The number of amides is 2. The van der Waals surface area contributed by atoms with Crippen molar-refractivity contribution in [3.63, 3.8) is 0 Å². The van der Waals surface area contributed by atoms with Crippen molar-refractivity contribution in [1.29, 1.82) is 0 Å². The van der Waals surface area contributed by atoms with E-state index in [0.29, 0.717) is 26.1 Å². The number of carbonyl (C=O) groups is 2. The summed E-state index contributed by atoms with van der Waals surface area (Å²) >= 11 is 0. The van der Waals surface area contributed by atoms with Crippen LogP contribution < -0.4 is 5.32 Å². The monoisotopic (exact) mass is 434 g/mol. The highest BCUT2D eigenvalue weighted by Gasteiger charge is 2.29. The van der Waals surface area contributed by atoms with E-state index in [-0.39, 0.29) is 29.9 Å². The molecule has 2 aromatic rings. The van der Waals surface area contributed by atoms with E-state index in [2.05, 4.69) is 15.5 Å². The molecule has 3 heterocycles. The minimum absolute atomic E-state index is 0.0348. The van der Waals surface area contributed by atoms with E-state index in [9.17, 15) is 13.2 Å². The Morgan fingerprint density at radius 3 is 2.63 bits per heavy atom. The SMILES string of the molecule is O=C(NCC1CCS(=O)(=O)C1)N1CCc2[nH]nc(-c3ccccc3)c2CC1.O=CO. The zero-order valence-corrected chi connectivity index (χ0v) is 17.4. The van der Waals surface area contributed by atoms with Crippen LogP contribution in [0.15, 0.2) is 30.3 Å². The number of aromatic amines is 1. The third kappa shape index (κ3) is 5.38. The van der Waals surface area contributed by atoms with Gasteiger partial charge in [0.2, 0.25) is 0 Å². The van der Waals surface area contributed by atoms with Crippen LogP contribution in [0.5, 0.6) is 0 Å². The van der Waals surface area contributed by atoms with Gasteiger partial charge in [-0.2, -0.15) is 5.10 Å². The molecule has 1 saturated heterocycles. The minimum Gasteiger partial charge on any atom is -0.483 e. The van der Waals surface area contributed by atoms with Crippen LogP contribution in [-0.2, 0) is 27.5 Å². The van der Waals surface area contributed by atoms with E-state index in [1.807, 2.05) is 35.2 Å². The van der Waals surface area contributed by atoms with Crippen molar-refractivity contribution in [3.8, 4) is 11.3 Å². The number of carbonyl (C=O) groups excluding carboxylic acids is 1. The van der Waals surface area contributed by atoms with E-state index < -0.39 is 9.84 Å². The van der Waals surface area contributed by atoms with Gasteiger partial charge >= 0.3 is 6.03 Å². The molecular weight excluding hydrogens is 408 g/mol. The Balaban J connectivity index is 0.000000806. The van der Waals surface area contributed by atoms with Crippen LogP contribution in [0.4, 0.5) is 4.79 Å². The Labute approximate surface area is 175 Å². The Morgan fingerprint density at radius 2 is 1.97 bits per heavy atom. The molecule has 0 spiro atoms. The molecule has 10 heteroatoms. The van der Waals surface area contributed by atoms with E-state index in [4.69, 9.17) is 9.90 Å². The molecule has 1 aromatic heterocycles. The van der Waals surface area contributed by atoms with Crippen LogP contribution >= 0.6 is 0 Å². The Bertz CT molecular complexity index is 974. The van der Waals surface area contributed by atoms with Gasteiger partial charge in [-0.3, -0.25) is 9.89 Å². The third-order valence-corrected chi connectivity index (χ3v) is 7.26. The lowest BCUT2D eigenvalue weighted by Gasteiger charge is -2.22. The number of rotatable bonds is 3. The number of sulfone groups is 1. The molecule has 9 nitrogen and oxygen atoms in total. The number of hydrogen-bond donors (Lipinski definition) is 3. The maximum absolute atomic E-state index is 12.5. The summed E-state index contributed by atoms with van der Waals surface area (Å²) in [5.74, 6) is 0.456. The molecule has 0 saturated carbocycles. The second kappa shape index (κ2) is 9.75. The molecular formula is C20H26N4O5S. The maximum atomic E-state index is 12.5. The molecule has 1 aromatic carbocycles. The number of nitrogens with zero attached hydrogens (tertiary/aromatic N) is 2. The Kier molecular flexibility index (Phi) is 7.09. The van der Waals surface area contributed by atoms with E-state index in [1.165, 1.54) is 5.56 Å². The fraction of sp³-hybridized carbons (Fsp3) is 0.450. The molecule has 2 amide bonds. The minimum atomic E-state index is -2.91. The number of nitrogens with one attached hydrogen (secondary N) is 2. The second-order valence-corrected chi connectivity index (χ2v) is 9.67. The molecule has 4 rings (SSSR count). The van der Waals surface area contributed by atoms with Gasteiger partial charge < -0.3 is 15.3 Å². The van der Waals surface area contributed by atoms with Crippen molar-refractivity contribution >= 4 is 22.3 Å². The largest absolute Gasteiger partial charge is 0.483 e. The van der Waals surface area contributed by atoms with Crippen LogP contribution in [0.3, 0.4) is 0 Å². The molecule has 0 bridgehead atoms. The molecule has 0 radical (unpaired) electrons.